The second-order valence-corrected chi connectivity index (χ2v) is 7.00. The molecule has 1 fully saturated rings. The zero-order valence-electron chi connectivity index (χ0n) is 12.1. The summed E-state index contributed by atoms with van der Waals surface area (Å²) in [6.07, 6.45) is 1.89. The maximum absolute atomic E-state index is 13.2. The number of sulfonamides is 1. The number of likely N-dealkylation sites (tertiary alicyclic amines) is 1. The van der Waals surface area contributed by atoms with Gasteiger partial charge in [-0.25, -0.2) is 12.8 Å². The Morgan fingerprint density at radius 1 is 1.33 bits per heavy atom. The van der Waals surface area contributed by atoms with Crippen LogP contribution in [0.1, 0.15) is 25.3 Å². The normalized spacial score (nSPS) is 17.0. The first-order chi connectivity index (χ1) is 9.81. The molecule has 1 aromatic carbocycles. The fourth-order valence-corrected chi connectivity index (χ4v) is 3.63. The minimum Gasteiger partial charge on any atom is -0.341 e. The molecule has 1 heterocycles. The molecule has 1 aliphatic heterocycles. The van der Waals surface area contributed by atoms with Crippen molar-refractivity contribution < 1.29 is 17.6 Å². The van der Waals surface area contributed by atoms with Gasteiger partial charge in [-0.1, -0.05) is 0 Å². The van der Waals surface area contributed by atoms with Crippen LogP contribution in [0.5, 0.6) is 0 Å². The predicted octanol–water partition coefficient (Wildman–Crippen LogP) is 1.42. The number of halogens is 1. The molecule has 21 heavy (non-hydrogen) atoms. The van der Waals surface area contributed by atoms with Crippen LogP contribution in [-0.4, -0.2) is 38.4 Å². The highest BCUT2D eigenvalue weighted by Gasteiger charge is 2.27. The fourth-order valence-electron chi connectivity index (χ4n) is 2.35. The molecule has 1 aromatic rings. The third kappa shape index (κ3) is 3.59. The number of benzene rings is 1. The van der Waals surface area contributed by atoms with E-state index >= 15 is 0 Å². The van der Waals surface area contributed by atoms with Gasteiger partial charge in [0, 0.05) is 13.1 Å². The van der Waals surface area contributed by atoms with Gasteiger partial charge < -0.3 is 4.90 Å². The van der Waals surface area contributed by atoms with Gasteiger partial charge in [-0.3, -0.25) is 4.79 Å². The molecule has 1 saturated heterocycles. The third-order valence-corrected chi connectivity index (χ3v) is 5.10. The Kier molecular flexibility index (Phi) is 4.63. The highest BCUT2D eigenvalue weighted by atomic mass is 32.2. The fraction of sp³-hybridized carbons (Fsp3) is 0.500. The number of hydrogen-bond acceptors (Lipinski definition) is 3. The SMILES string of the molecule is Cc1cc(S(=O)(=O)N[C@@H](C)C(=O)N2CCCC2)ccc1F. The van der Waals surface area contributed by atoms with Crippen molar-refractivity contribution in [3.63, 3.8) is 0 Å². The molecule has 1 N–H and O–H groups in total. The van der Waals surface area contributed by atoms with Crippen molar-refractivity contribution in [2.45, 2.75) is 37.6 Å². The highest BCUT2D eigenvalue weighted by molar-refractivity contribution is 7.89. The van der Waals surface area contributed by atoms with Gasteiger partial charge in [0.1, 0.15) is 5.82 Å². The van der Waals surface area contributed by atoms with Gasteiger partial charge in [0.05, 0.1) is 10.9 Å². The second-order valence-electron chi connectivity index (χ2n) is 5.29. The Morgan fingerprint density at radius 2 is 1.95 bits per heavy atom. The molecule has 116 valence electrons. The standard InChI is InChI=1S/C14H19FN2O3S/c1-10-9-12(5-6-13(10)15)21(19,20)16-11(2)14(18)17-7-3-4-8-17/h5-6,9,11,16H,3-4,7-8H2,1-2H3/t11-/m0/s1. The summed E-state index contributed by atoms with van der Waals surface area (Å²) in [6.45, 7) is 4.35. The van der Waals surface area contributed by atoms with E-state index in [-0.39, 0.29) is 16.4 Å². The predicted molar refractivity (Wildman–Crippen MR) is 76.7 cm³/mol. The zero-order valence-corrected chi connectivity index (χ0v) is 12.9. The quantitative estimate of drug-likeness (QED) is 0.914. The Bertz CT molecular complexity index is 640. The van der Waals surface area contributed by atoms with Gasteiger partial charge >= 0.3 is 0 Å². The summed E-state index contributed by atoms with van der Waals surface area (Å²) in [5.41, 5.74) is 0.247. The van der Waals surface area contributed by atoms with Gasteiger partial charge in [0.2, 0.25) is 15.9 Å². The molecule has 0 spiro atoms. The van der Waals surface area contributed by atoms with Gasteiger partial charge in [-0.05, 0) is 50.5 Å². The topological polar surface area (TPSA) is 66.5 Å². The van der Waals surface area contributed by atoms with E-state index in [2.05, 4.69) is 4.72 Å². The van der Waals surface area contributed by atoms with E-state index in [4.69, 9.17) is 0 Å². The Hall–Kier alpha value is -1.47. The zero-order chi connectivity index (χ0) is 15.6. The van der Waals surface area contributed by atoms with E-state index < -0.39 is 21.9 Å². The van der Waals surface area contributed by atoms with Crippen molar-refractivity contribution >= 4 is 15.9 Å². The molecule has 1 amide bonds. The lowest BCUT2D eigenvalue weighted by molar-refractivity contribution is -0.131. The third-order valence-electron chi connectivity index (χ3n) is 3.56. The van der Waals surface area contributed by atoms with Gasteiger partial charge in [-0.15, -0.1) is 0 Å². The summed E-state index contributed by atoms with van der Waals surface area (Å²) in [5.74, 6) is -0.690. The van der Waals surface area contributed by atoms with Crippen molar-refractivity contribution in [3.8, 4) is 0 Å². The van der Waals surface area contributed by atoms with Crippen molar-refractivity contribution in [3.05, 3.63) is 29.6 Å². The number of nitrogens with one attached hydrogen (secondary N) is 1. The van der Waals surface area contributed by atoms with E-state index in [0.29, 0.717) is 13.1 Å². The van der Waals surface area contributed by atoms with E-state index in [1.165, 1.54) is 26.0 Å². The Balaban J connectivity index is 2.12. The lowest BCUT2D eigenvalue weighted by atomic mass is 10.2. The van der Waals surface area contributed by atoms with Crippen LogP contribution in [0.3, 0.4) is 0 Å². The molecular formula is C14H19FN2O3S. The summed E-state index contributed by atoms with van der Waals surface area (Å²) >= 11 is 0. The van der Waals surface area contributed by atoms with Crippen LogP contribution in [0.25, 0.3) is 0 Å². The van der Waals surface area contributed by atoms with Gasteiger partial charge in [0.15, 0.2) is 0 Å². The number of nitrogens with zero attached hydrogens (tertiary/aromatic N) is 1. The van der Waals surface area contributed by atoms with Gasteiger partial charge in [0.25, 0.3) is 0 Å². The molecule has 1 aliphatic rings. The molecule has 0 saturated carbocycles. The van der Waals surface area contributed by atoms with Crippen molar-refractivity contribution in [2.24, 2.45) is 0 Å². The van der Waals surface area contributed by atoms with Crippen LogP contribution in [0.2, 0.25) is 0 Å². The summed E-state index contributed by atoms with van der Waals surface area (Å²) in [6, 6.07) is 2.72. The number of aryl methyl sites for hydroxylation is 1. The van der Waals surface area contributed by atoms with Crippen LogP contribution in [0.4, 0.5) is 4.39 Å². The summed E-state index contributed by atoms with van der Waals surface area (Å²) in [5, 5.41) is 0. The molecule has 5 nitrogen and oxygen atoms in total. The first kappa shape index (κ1) is 15.9. The van der Waals surface area contributed by atoms with Crippen LogP contribution >= 0.6 is 0 Å². The van der Waals surface area contributed by atoms with E-state index in [1.54, 1.807) is 4.90 Å². The smallest absolute Gasteiger partial charge is 0.241 e. The maximum Gasteiger partial charge on any atom is 0.241 e. The first-order valence-corrected chi connectivity index (χ1v) is 8.37. The van der Waals surface area contributed by atoms with E-state index in [9.17, 15) is 17.6 Å². The monoisotopic (exact) mass is 314 g/mol. The van der Waals surface area contributed by atoms with Crippen LogP contribution in [-0.2, 0) is 14.8 Å². The number of hydrogen-bond donors (Lipinski definition) is 1. The first-order valence-electron chi connectivity index (χ1n) is 6.88. The molecule has 2 rings (SSSR count). The van der Waals surface area contributed by atoms with Gasteiger partial charge in [-0.2, -0.15) is 4.72 Å². The van der Waals surface area contributed by atoms with Crippen molar-refractivity contribution in [2.75, 3.05) is 13.1 Å². The molecule has 0 radical (unpaired) electrons. The van der Waals surface area contributed by atoms with E-state index in [0.717, 1.165) is 18.9 Å². The summed E-state index contributed by atoms with van der Waals surface area (Å²) in [7, 11) is -3.84. The largest absolute Gasteiger partial charge is 0.341 e. The molecule has 0 unspecified atom stereocenters. The number of carbonyl (C=O) groups excluding carboxylic acids is 1. The van der Waals surface area contributed by atoms with Crippen LogP contribution in [0.15, 0.2) is 23.1 Å². The molecule has 7 heteroatoms. The summed E-state index contributed by atoms with van der Waals surface area (Å²) < 4.78 is 40.0. The van der Waals surface area contributed by atoms with Crippen LogP contribution < -0.4 is 4.72 Å². The Labute approximate surface area is 124 Å². The lowest BCUT2D eigenvalue weighted by Crippen LogP contribution is -2.45. The van der Waals surface area contributed by atoms with Crippen LogP contribution in [0, 0.1) is 12.7 Å². The minimum absolute atomic E-state index is 0.0394. The Morgan fingerprint density at radius 3 is 2.52 bits per heavy atom. The minimum atomic E-state index is -3.84. The van der Waals surface area contributed by atoms with E-state index in [1.807, 2.05) is 0 Å². The second kappa shape index (κ2) is 6.11. The molecule has 0 bridgehead atoms. The molecule has 0 aliphatic carbocycles. The van der Waals surface area contributed by atoms with Crippen molar-refractivity contribution in [1.82, 2.24) is 9.62 Å². The van der Waals surface area contributed by atoms with Crippen molar-refractivity contribution in [1.29, 1.82) is 0 Å². The lowest BCUT2D eigenvalue weighted by Gasteiger charge is -2.21. The number of carbonyl (C=O) groups is 1. The number of amides is 1. The molecular weight excluding hydrogens is 295 g/mol. The number of rotatable bonds is 4. The molecule has 0 aromatic heterocycles. The average molecular weight is 314 g/mol. The maximum atomic E-state index is 13.2. The molecule has 1 atom stereocenters. The average Bonchev–Trinajstić information content (AvgIpc) is 2.94. The highest BCUT2D eigenvalue weighted by Crippen LogP contribution is 2.15. The summed E-state index contributed by atoms with van der Waals surface area (Å²) in [4.78, 5) is 13.7.